The van der Waals surface area contributed by atoms with Gasteiger partial charge in [0.15, 0.2) is 5.82 Å². The third-order valence-corrected chi connectivity index (χ3v) is 6.36. The van der Waals surface area contributed by atoms with Crippen molar-refractivity contribution in [3.8, 4) is 11.8 Å². The van der Waals surface area contributed by atoms with Gasteiger partial charge in [0.25, 0.3) is 0 Å². The number of alkyl halides is 1. The van der Waals surface area contributed by atoms with Crippen molar-refractivity contribution in [1.29, 1.82) is 0 Å². The fourth-order valence-corrected chi connectivity index (χ4v) is 4.60. The van der Waals surface area contributed by atoms with Crippen LogP contribution in [0.5, 0.6) is 6.01 Å². The van der Waals surface area contributed by atoms with Gasteiger partial charge in [0.1, 0.15) is 12.0 Å². The molecular formula is C22H27FN6O2. The summed E-state index contributed by atoms with van der Waals surface area (Å²) in [4.78, 5) is 12.9. The molecule has 0 radical (unpaired) electrons. The van der Waals surface area contributed by atoms with Crippen LogP contribution >= 0.6 is 0 Å². The molecule has 0 aliphatic carbocycles. The summed E-state index contributed by atoms with van der Waals surface area (Å²) in [6.07, 6.45) is 1.36. The van der Waals surface area contributed by atoms with Crippen molar-refractivity contribution >= 4 is 16.7 Å². The normalized spacial score (nSPS) is 22.7. The molecule has 0 bridgehead atoms. The third kappa shape index (κ3) is 3.61. The van der Waals surface area contributed by atoms with E-state index in [0.717, 1.165) is 35.0 Å². The van der Waals surface area contributed by atoms with Gasteiger partial charge in [-0.2, -0.15) is 15.1 Å². The van der Waals surface area contributed by atoms with E-state index in [1.807, 2.05) is 29.8 Å². The van der Waals surface area contributed by atoms with Gasteiger partial charge in [-0.1, -0.05) is 0 Å². The van der Waals surface area contributed by atoms with E-state index in [1.165, 1.54) is 7.11 Å². The van der Waals surface area contributed by atoms with Crippen molar-refractivity contribution < 1.29 is 14.2 Å². The van der Waals surface area contributed by atoms with Gasteiger partial charge in [-0.05, 0) is 50.2 Å². The first-order chi connectivity index (χ1) is 14.9. The Morgan fingerprint density at radius 3 is 2.61 bits per heavy atom. The molecule has 1 aromatic carbocycles. The fourth-order valence-electron chi connectivity index (χ4n) is 4.60. The quantitative estimate of drug-likeness (QED) is 0.684. The molecule has 2 aromatic heterocycles. The van der Waals surface area contributed by atoms with Crippen molar-refractivity contribution in [2.45, 2.75) is 31.5 Å². The van der Waals surface area contributed by atoms with Crippen LogP contribution in [0.3, 0.4) is 0 Å². The molecule has 2 fully saturated rings. The van der Waals surface area contributed by atoms with Gasteiger partial charge >= 0.3 is 6.01 Å². The van der Waals surface area contributed by atoms with Crippen molar-refractivity contribution in [2.75, 3.05) is 45.2 Å². The highest BCUT2D eigenvalue weighted by Crippen LogP contribution is 2.35. The van der Waals surface area contributed by atoms with E-state index in [4.69, 9.17) is 4.74 Å². The number of fused-ring (bicyclic) bond motifs is 1. The molecular weight excluding hydrogens is 399 g/mol. The van der Waals surface area contributed by atoms with Gasteiger partial charge in [0, 0.05) is 37.0 Å². The first kappa shape index (κ1) is 20.1. The van der Waals surface area contributed by atoms with Gasteiger partial charge in [0.2, 0.25) is 0 Å². The Labute approximate surface area is 180 Å². The summed E-state index contributed by atoms with van der Waals surface area (Å²) in [6.45, 7) is 4.43. The lowest BCUT2D eigenvalue weighted by Crippen LogP contribution is -2.51. The molecule has 0 spiro atoms. The SMILES string of the molecule is COc1nc(N2CC(O)C2)cc(-n2ncc3cc(C)c(C4CCN(C)CC4F)cc32)n1. The Kier molecular flexibility index (Phi) is 5.02. The topological polar surface area (TPSA) is 79.5 Å². The second-order valence-electron chi connectivity index (χ2n) is 8.63. The standard InChI is InChI=1S/C22H27FN6O2/c1-13-6-14-9-24-29(19(14)7-17(13)16-4-5-27(2)12-18(16)23)21-8-20(25-22(26-21)31-3)28-10-15(30)11-28/h6-9,15-16,18,30H,4-5,10-12H2,1-3H3. The molecule has 164 valence electrons. The maximum Gasteiger partial charge on any atom is 0.320 e. The summed E-state index contributed by atoms with van der Waals surface area (Å²) in [6, 6.07) is 6.21. The number of piperidine rings is 1. The number of anilines is 1. The predicted molar refractivity (Wildman–Crippen MR) is 116 cm³/mol. The Morgan fingerprint density at radius 1 is 1.13 bits per heavy atom. The Balaban J connectivity index is 1.57. The molecule has 9 heteroatoms. The van der Waals surface area contributed by atoms with Crippen LogP contribution in [0, 0.1) is 6.92 Å². The second kappa shape index (κ2) is 7.72. The smallest absolute Gasteiger partial charge is 0.320 e. The van der Waals surface area contributed by atoms with Crippen molar-refractivity contribution in [2.24, 2.45) is 0 Å². The molecule has 2 unspecified atom stereocenters. The molecule has 1 N–H and O–H groups in total. The van der Waals surface area contributed by atoms with E-state index in [0.29, 0.717) is 31.3 Å². The summed E-state index contributed by atoms with van der Waals surface area (Å²) in [5.74, 6) is 1.14. The number of aryl methyl sites for hydroxylation is 1. The van der Waals surface area contributed by atoms with Crippen LogP contribution in [0.25, 0.3) is 16.7 Å². The summed E-state index contributed by atoms with van der Waals surface area (Å²) in [5, 5.41) is 15.2. The van der Waals surface area contributed by atoms with Crippen molar-refractivity contribution in [3.05, 3.63) is 35.5 Å². The van der Waals surface area contributed by atoms with Crippen LogP contribution in [0.2, 0.25) is 0 Å². The molecule has 31 heavy (non-hydrogen) atoms. The van der Waals surface area contributed by atoms with Gasteiger partial charge in [-0.15, -0.1) is 0 Å². The Morgan fingerprint density at radius 2 is 1.90 bits per heavy atom. The lowest BCUT2D eigenvalue weighted by atomic mass is 9.85. The van der Waals surface area contributed by atoms with E-state index in [9.17, 15) is 9.50 Å². The first-order valence-corrected chi connectivity index (χ1v) is 10.6. The molecule has 2 atom stereocenters. The van der Waals surface area contributed by atoms with E-state index >= 15 is 0 Å². The average Bonchev–Trinajstić information content (AvgIpc) is 3.13. The minimum absolute atomic E-state index is 0.123. The molecule has 2 aliphatic rings. The van der Waals surface area contributed by atoms with E-state index in [-0.39, 0.29) is 18.0 Å². The van der Waals surface area contributed by atoms with Crippen molar-refractivity contribution in [1.82, 2.24) is 24.6 Å². The van der Waals surface area contributed by atoms with Crippen LogP contribution < -0.4 is 9.64 Å². The Bertz CT molecular complexity index is 1110. The van der Waals surface area contributed by atoms with Crippen LogP contribution in [-0.4, -0.2) is 82.4 Å². The number of hydrogen-bond donors (Lipinski definition) is 1. The number of nitrogens with zero attached hydrogens (tertiary/aromatic N) is 6. The number of halogens is 1. The van der Waals surface area contributed by atoms with Crippen LogP contribution in [0.15, 0.2) is 24.4 Å². The summed E-state index contributed by atoms with van der Waals surface area (Å²) in [5.41, 5.74) is 2.99. The molecule has 0 saturated carbocycles. The third-order valence-electron chi connectivity index (χ3n) is 6.36. The molecule has 5 rings (SSSR count). The van der Waals surface area contributed by atoms with E-state index in [1.54, 1.807) is 10.9 Å². The number of hydrogen-bond acceptors (Lipinski definition) is 7. The number of aliphatic hydroxyl groups is 1. The van der Waals surface area contributed by atoms with Gasteiger partial charge in [-0.3, -0.25) is 0 Å². The lowest BCUT2D eigenvalue weighted by Gasteiger charge is -2.36. The van der Waals surface area contributed by atoms with Crippen molar-refractivity contribution in [3.63, 3.8) is 0 Å². The van der Waals surface area contributed by atoms with E-state index in [2.05, 4.69) is 27.2 Å². The van der Waals surface area contributed by atoms with Crippen LogP contribution in [-0.2, 0) is 0 Å². The fraction of sp³-hybridized carbons (Fsp3) is 0.500. The number of methoxy groups -OCH3 is 1. The molecule has 2 saturated heterocycles. The number of likely N-dealkylation sites (tertiary alicyclic amines) is 1. The number of benzene rings is 1. The molecule has 2 aliphatic heterocycles. The lowest BCUT2D eigenvalue weighted by molar-refractivity contribution is 0.139. The Hall–Kier alpha value is -2.78. The number of rotatable bonds is 4. The minimum atomic E-state index is -0.894. The maximum absolute atomic E-state index is 14.9. The second-order valence-corrected chi connectivity index (χ2v) is 8.63. The number of ether oxygens (including phenoxy) is 1. The molecule has 3 aromatic rings. The predicted octanol–water partition coefficient (Wildman–Crippen LogP) is 2.07. The largest absolute Gasteiger partial charge is 0.467 e. The first-order valence-electron chi connectivity index (χ1n) is 10.6. The highest BCUT2D eigenvalue weighted by molar-refractivity contribution is 5.82. The van der Waals surface area contributed by atoms with Gasteiger partial charge in [0.05, 0.1) is 24.9 Å². The summed E-state index contributed by atoms with van der Waals surface area (Å²) >= 11 is 0. The zero-order chi connectivity index (χ0) is 21.7. The zero-order valence-corrected chi connectivity index (χ0v) is 18.0. The average molecular weight is 426 g/mol. The highest BCUT2D eigenvalue weighted by atomic mass is 19.1. The number of β-amino-alcohol motifs (C(OH)–C–C–N with tert-alkyl or cyclic N) is 1. The van der Waals surface area contributed by atoms with Gasteiger partial charge in [-0.25, -0.2) is 9.07 Å². The number of aromatic nitrogens is 4. The zero-order valence-electron chi connectivity index (χ0n) is 18.0. The summed E-state index contributed by atoms with van der Waals surface area (Å²) in [7, 11) is 3.49. The summed E-state index contributed by atoms with van der Waals surface area (Å²) < 4.78 is 22.0. The van der Waals surface area contributed by atoms with Crippen LogP contribution in [0.4, 0.5) is 10.2 Å². The van der Waals surface area contributed by atoms with Gasteiger partial charge < -0.3 is 19.6 Å². The van der Waals surface area contributed by atoms with Crippen LogP contribution in [0.1, 0.15) is 23.5 Å². The van der Waals surface area contributed by atoms with E-state index < -0.39 is 6.17 Å². The molecule has 0 amide bonds. The highest BCUT2D eigenvalue weighted by Gasteiger charge is 2.31. The molecule has 4 heterocycles. The molecule has 8 nitrogen and oxygen atoms in total. The minimum Gasteiger partial charge on any atom is -0.467 e. The number of aliphatic hydroxyl groups excluding tert-OH is 1. The monoisotopic (exact) mass is 426 g/mol. The maximum atomic E-state index is 14.9.